The lowest BCUT2D eigenvalue weighted by Gasteiger charge is -2.14. The summed E-state index contributed by atoms with van der Waals surface area (Å²) in [5.74, 6) is 0. The van der Waals surface area contributed by atoms with Crippen LogP contribution < -0.4 is 10.6 Å². The zero-order chi connectivity index (χ0) is 14.5. The van der Waals surface area contributed by atoms with Gasteiger partial charge in [-0.3, -0.25) is 0 Å². The van der Waals surface area contributed by atoms with Gasteiger partial charge in [-0.2, -0.15) is 11.3 Å². The maximum absolute atomic E-state index is 11.9. The molecule has 0 fully saturated rings. The highest BCUT2D eigenvalue weighted by atomic mass is 32.1. The van der Waals surface area contributed by atoms with Gasteiger partial charge in [0, 0.05) is 5.69 Å². The molecule has 2 unspecified atom stereocenters. The molecular weight excluding hydrogens is 272 g/mol. The Kier molecular flexibility index (Phi) is 4.76. The van der Waals surface area contributed by atoms with Crippen LogP contribution in [0.1, 0.15) is 37.1 Å². The SMILES string of the molecule is CC(O)c1ccc(NC(=O)NC(C)c2ccsc2)cc1. The molecule has 5 heteroatoms. The standard InChI is InChI=1S/C15H18N2O2S/c1-10(13-7-8-20-9-13)16-15(19)17-14-5-3-12(4-6-14)11(2)18/h3-11,18H,1-2H3,(H2,16,17,19). The fourth-order valence-corrected chi connectivity index (χ4v) is 2.57. The largest absolute Gasteiger partial charge is 0.389 e. The van der Waals surface area contributed by atoms with Gasteiger partial charge in [-0.05, 0) is 53.9 Å². The Labute approximate surface area is 122 Å². The number of aliphatic hydroxyl groups excluding tert-OH is 1. The first-order valence-corrected chi connectivity index (χ1v) is 7.38. The Morgan fingerprint density at radius 2 is 1.85 bits per heavy atom. The van der Waals surface area contributed by atoms with Gasteiger partial charge in [0.15, 0.2) is 0 Å². The van der Waals surface area contributed by atoms with Gasteiger partial charge in [0.1, 0.15) is 0 Å². The number of anilines is 1. The van der Waals surface area contributed by atoms with Crippen molar-refractivity contribution in [2.45, 2.75) is 26.0 Å². The molecule has 0 saturated heterocycles. The van der Waals surface area contributed by atoms with E-state index in [9.17, 15) is 9.90 Å². The third-order valence-corrected chi connectivity index (χ3v) is 3.74. The highest BCUT2D eigenvalue weighted by Crippen LogP contribution is 2.17. The number of nitrogens with one attached hydrogen (secondary N) is 2. The molecule has 20 heavy (non-hydrogen) atoms. The summed E-state index contributed by atoms with van der Waals surface area (Å²) in [6.07, 6.45) is -0.503. The minimum absolute atomic E-state index is 0.0296. The van der Waals surface area contributed by atoms with Crippen molar-refractivity contribution in [3.8, 4) is 0 Å². The molecule has 0 bridgehead atoms. The van der Waals surface area contributed by atoms with Crippen molar-refractivity contribution >= 4 is 23.1 Å². The molecule has 3 N–H and O–H groups in total. The molecular formula is C15H18N2O2S. The molecule has 2 rings (SSSR count). The first-order valence-electron chi connectivity index (χ1n) is 6.44. The van der Waals surface area contributed by atoms with E-state index in [0.29, 0.717) is 5.69 Å². The van der Waals surface area contributed by atoms with Crippen molar-refractivity contribution in [2.75, 3.05) is 5.32 Å². The van der Waals surface area contributed by atoms with Crippen molar-refractivity contribution in [2.24, 2.45) is 0 Å². The predicted octanol–water partition coefficient (Wildman–Crippen LogP) is 3.68. The summed E-state index contributed by atoms with van der Waals surface area (Å²) in [4.78, 5) is 11.9. The van der Waals surface area contributed by atoms with Crippen LogP contribution in [0.15, 0.2) is 41.1 Å². The Morgan fingerprint density at radius 3 is 2.40 bits per heavy atom. The topological polar surface area (TPSA) is 61.4 Å². The van der Waals surface area contributed by atoms with Crippen LogP contribution in [0, 0.1) is 0 Å². The van der Waals surface area contributed by atoms with E-state index >= 15 is 0 Å². The number of carbonyl (C=O) groups is 1. The predicted molar refractivity (Wildman–Crippen MR) is 82.0 cm³/mol. The monoisotopic (exact) mass is 290 g/mol. The summed E-state index contributed by atoms with van der Waals surface area (Å²) in [7, 11) is 0. The number of carbonyl (C=O) groups excluding carboxylic acids is 1. The summed E-state index contributed by atoms with van der Waals surface area (Å²) in [6.45, 7) is 3.65. The van der Waals surface area contributed by atoms with Gasteiger partial charge in [-0.15, -0.1) is 0 Å². The first kappa shape index (κ1) is 14.6. The van der Waals surface area contributed by atoms with Crippen LogP contribution in [-0.4, -0.2) is 11.1 Å². The maximum Gasteiger partial charge on any atom is 0.319 e. The van der Waals surface area contributed by atoms with Crippen molar-refractivity contribution < 1.29 is 9.90 Å². The van der Waals surface area contributed by atoms with E-state index in [1.807, 2.05) is 23.8 Å². The summed E-state index contributed by atoms with van der Waals surface area (Å²) < 4.78 is 0. The highest BCUT2D eigenvalue weighted by Gasteiger charge is 2.10. The number of rotatable bonds is 4. The minimum atomic E-state index is -0.503. The first-order chi connectivity index (χ1) is 9.56. The molecule has 0 saturated carbocycles. The number of amides is 2. The number of urea groups is 1. The Hall–Kier alpha value is -1.85. The number of hydrogen-bond donors (Lipinski definition) is 3. The third kappa shape index (κ3) is 3.82. The van der Waals surface area contributed by atoms with Crippen LogP contribution in [-0.2, 0) is 0 Å². The third-order valence-electron chi connectivity index (χ3n) is 3.04. The fourth-order valence-electron chi connectivity index (χ4n) is 1.81. The lowest BCUT2D eigenvalue weighted by Crippen LogP contribution is -2.30. The normalized spacial score (nSPS) is 13.6. The van der Waals surface area contributed by atoms with Crippen molar-refractivity contribution in [1.29, 1.82) is 0 Å². The van der Waals surface area contributed by atoms with Gasteiger partial charge in [0.25, 0.3) is 0 Å². The zero-order valence-corrected chi connectivity index (χ0v) is 12.3. The smallest absolute Gasteiger partial charge is 0.319 e. The van der Waals surface area contributed by atoms with Gasteiger partial charge in [0.05, 0.1) is 12.1 Å². The summed E-state index contributed by atoms with van der Waals surface area (Å²) in [6, 6.07) is 8.86. The molecule has 106 valence electrons. The molecule has 0 radical (unpaired) electrons. The number of hydrogen-bond acceptors (Lipinski definition) is 3. The van der Waals surface area contributed by atoms with Gasteiger partial charge >= 0.3 is 6.03 Å². The van der Waals surface area contributed by atoms with Crippen LogP contribution in [0.5, 0.6) is 0 Å². The minimum Gasteiger partial charge on any atom is -0.389 e. The van der Waals surface area contributed by atoms with Crippen molar-refractivity contribution in [1.82, 2.24) is 5.32 Å². The Bertz CT molecular complexity index is 550. The number of benzene rings is 1. The van der Waals surface area contributed by atoms with Gasteiger partial charge in [0.2, 0.25) is 0 Å². The lowest BCUT2D eigenvalue weighted by atomic mass is 10.1. The molecule has 0 spiro atoms. The molecule has 1 aromatic heterocycles. The number of thiophene rings is 1. The summed E-state index contributed by atoms with van der Waals surface area (Å²) >= 11 is 1.61. The van der Waals surface area contributed by atoms with Crippen molar-refractivity contribution in [3.05, 3.63) is 52.2 Å². The average Bonchev–Trinajstić information content (AvgIpc) is 2.93. The van der Waals surface area contributed by atoms with E-state index in [1.165, 1.54) is 0 Å². The molecule has 0 aliphatic heterocycles. The average molecular weight is 290 g/mol. The molecule has 2 atom stereocenters. The fraction of sp³-hybridized carbons (Fsp3) is 0.267. The zero-order valence-electron chi connectivity index (χ0n) is 11.5. The van der Waals surface area contributed by atoms with E-state index in [0.717, 1.165) is 11.1 Å². The maximum atomic E-state index is 11.9. The Balaban J connectivity index is 1.91. The second kappa shape index (κ2) is 6.54. The van der Waals surface area contributed by atoms with E-state index < -0.39 is 6.10 Å². The van der Waals surface area contributed by atoms with E-state index in [4.69, 9.17) is 0 Å². The van der Waals surface area contributed by atoms with Crippen LogP contribution >= 0.6 is 11.3 Å². The van der Waals surface area contributed by atoms with Crippen LogP contribution in [0.3, 0.4) is 0 Å². The lowest BCUT2D eigenvalue weighted by molar-refractivity contribution is 0.199. The van der Waals surface area contributed by atoms with Crippen molar-refractivity contribution in [3.63, 3.8) is 0 Å². The second-order valence-electron chi connectivity index (χ2n) is 4.67. The van der Waals surface area contributed by atoms with Gasteiger partial charge < -0.3 is 15.7 Å². The van der Waals surface area contributed by atoms with Gasteiger partial charge in [-0.25, -0.2) is 4.79 Å². The van der Waals surface area contributed by atoms with E-state index in [2.05, 4.69) is 10.6 Å². The second-order valence-corrected chi connectivity index (χ2v) is 5.45. The molecule has 0 aliphatic rings. The quantitative estimate of drug-likeness (QED) is 0.804. The summed E-state index contributed by atoms with van der Waals surface area (Å²) in [5.41, 5.74) is 2.61. The molecule has 2 amide bonds. The number of aliphatic hydroxyl groups is 1. The van der Waals surface area contributed by atoms with Crippen LogP contribution in [0.2, 0.25) is 0 Å². The molecule has 1 aromatic carbocycles. The van der Waals surface area contributed by atoms with E-state index in [-0.39, 0.29) is 12.1 Å². The van der Waals surface area contributed by atoms with Crippen LogP contribution in [0.25, 0.3) is 0 Å². The van der Waals surface area contributed by atoms with Crippen LogP contribution in [0.4, 0.5) is 10.5 Å². The Morgan fingerprint density at radius 1 is 1.15 bits per heavy atom. The molecule has 2 aromatic rings. The molecule has 1 heterocycles. The van der Waals surface area contributed by atoms with E-state index in [1.54, 1.807) is 42.5 Å². The molecule has 4 nitrogen and oxygen atoms in total. The molecule has 0 aliphatic carbocycles. The van der Waals surface area contributed by atoms with Gasteiger partial charge in [-0.1, -0.05) is 12.1 Å². The highest BCUT2D eigenvalue weighted by molar-refractivity contribution is 7.07. The summed E-state index contributed by atoms with van der Waals surface area (Å²) in [5, 5.41) is 19.1.